The summed E-state index contributed by atoms with van der Waals surface area (Å²) in [5.74, 6) is -1.43. The molecule has 3 aromatic rings. The largest absolute Gasteiger partial charge is 0.478 e. The molecule has 3 rings (SSSR count). The van der Waals surface area contributed by atoms with Crippen molar-refractivity contribution < 1.29 is 14.7 Å². The van der Waals surface area contributed by atoms with Crippen molar-refractivity contribution in [3.8, 4) is 0 Å². The van der Waals surface area contributed by atoms with Gasteiger partial charge in [-0.1, -0.05) is 17.7 Å². The second kappa shape index (κ2) is 6.33. The Bertz CT molecular complexity index is 949. The maximum atomic E-state index is 12.2. The molecule has 0 unspecified atom stereocenters. The van der Waals surface area contributed by atoms with E-state index in [1.54, 1.807) is 6.07 Å². The van der Waals surface area contributed by atoms with Crippen LogP contribution < -0.4 is 5.32 Å². The molecule has 0 atom stereocenters. The van der Waals surface area contributed by atoms with Crippen LogP contribution in [0.5, 0.6) is 0 Å². The van der Waals surface area contributed by atoms with E-state index >= 15 is 0 Å². The van der Waals surface area contributed by atoms with Crippen LogP contribution in [-0.4, -0.2) is 26.4 Å². The van der Waals surface area contributed by atoms with E-state index in [1.165, 1.54) is 12.1 Å². The third kappa shape index (κ3) is 3.23. The summed E-state index contributed by atoms with van der Waals surface area (Å²) in [5, 5.41) is 11.8. The maximum absolute atomic E-state index is 12.2. The number of carbonyl (C=O) groups excluding carboxylic acids is 1. The minimum Gasteiger partial charge on any atom is -0.478 e. The van der Waals surface area contributed by atoms with Crippen LogP contribution in [0.1, 0.15) is 21.7 Å². The number of nitrogens with zero attached hydrogens (tertiary/aromatic N) is 2. The Balaban J connectivity index is 1.76. The lowest BCUT2D eigenvalue weighted by Gasteiger charge is -2.06. The monoisotopic (exact) mass is 343 g/mol. The third-order valence-corrected chi connectivity index (χ3v) is 3.90. The van der Waals surface area contributed by atoms with Gasteiger partial charge >= 0.3 is 5.97 Å². The molecule has 24 heavy (non-hydrogen) atoms. The van der Waals surface area contributed by atoms with E-state index in [1.807, 2.05) is 35.7 Å². The number of pyridine rings is 1. The first-order valence-electron chi connectivity index (χ1n) is 7.20. The number of imidazole rings is 1. The van der Waals surface area contributed by atoms with E-state index in [0.717, 1.165) is 11.3 Å². The number of rotatable bonds is 4. The number of carbonyl (C=O) groups is 2. The van der Waals surface area contributed by atoms with Crippen LogP contribution in [0.3, 0.4) is 0 Å². The van der Waals surface area contributed by atoms with Crippen LogP contribution in [-0.2, 0) is 11.2 Å². The zero-order valence-electron chi connectivity index (χ0n) is 12.8. The summed E-state index contributed by atoms with van der Waals surface area (Å²) in [6.07, 6.45) is 1.90. The summed E-state index contributed by atoms with van der Waals surface area (Å²) in [7, 11) is 0. The van der Waals surface area contributed by atoms with E-state index in [2.05, 4.69) is 10.3 Å². The van der Waals surface area contributed by atoms with Gasteiger partial charge in [0.15, 0.2) is 0 Å². The lowest BCUT2D eigenvalue weighted by molar-refractivity contribution is -0.115. The third-order valence-electron chi connectivity index (χ3n) is 3.57. The first-order chi connectivity index (χ1) is 11.4. The number of anilines is 1. The van der Waals surface area contributed by atoms with Gasteiger partial charge in [0.2, 0.25) is 5.91 Å². The van der Waals surface area contributed by atoms with Crippen LogP contribution in [0.4, 0.5) is 5.69 Å². The molecule has 122 valence electrons. The van der Waals surface area contributed by atoms with Gasteiger partial charge in [0, 0.05) is 17.6 Å². The molecule has 0 spiro atoms. The minimum absolute atomic E-state index is 0.0576. The second-order valence-corrected chi connectivity index (χ2v) is 5.76. The van der Waals surface area contributed by atoms with Crippen LogP contribution in [0, 0.1) is 6.92 Å². The molecule has 0 radical (unpaired) electrons. The molecule has 6 nitrogen and oxygen atoms in total. The standard InChI is InChI=1S/C17H14ClN3O3/c1-10-3-2-4-15-19-12(9-21(10)15)8-16(22)20-11-5-6-14(18)13(7-11)17(23)24/h2-7,9H,8H2,1H3,(H,20,22)(H,23,24). The molecule has 0 aliphatic rings. The summed E-state index contributed by atoms with van der Waals surface area (Å²) >= 11 is 5.81. The molecule has 1 aromatic carbocycles. The van der Waals surface area contributed by atoms with Crippen molar-refractivity contribution in [2.45, 2.75) is 13.3 Å². The van der Waals surface area contributed by atoms with E-state index in [0.29, 0.717) is 11.4 Å². The Kier molecular flexibility index (Phi) is 4.22. The molecule has 0 aliphatic heterocycles. The quantitative estimate of drug-likeness (QED) is 0.762. The van der Waals surface area contributed by atoms with Gasteiger partial charge < -0.3 is 14.8 Å². The smallest absolute Gasteiger partial charge is 0.337 e. The summed E-state index contributed by atoms with van der Waals surface area (Å²) in [6, 6.07) is 10.1. The topological polar surface area (TPSA) is 83.7 Å². The average molecular weight is 344 g/mol. The van der Waals surface area contributed by atoms with E-state index in [4.69, 9.17) is 16.7 Å². The van der Waals surface area contributed by atoms with E-state index in [9.17, 15) is 9.59 Å². The van der Waals surface area contributed by atoms with Crippen LogP contribution in [0.25, 0.3) is 5.65 Å². The normalized spacial score (nSPS) is 10.8. The molecule has 2 N–H and O–H groups in total. The molecule has 0 aliphatic carbocycles. The van der Waals surface area contributed by atoms with Crippen molar-refractivity contribution >= 4 is 34.8 Å². The molecule has 7 heteroatoms. The number of amides is 1. The summed E-state index contributed by atoms with van der Waals surface area (Å²) < 4.78 is 1.91. The van der Waals surface area contributed by atoms with Gasteiger partial charge in [-0.2, -0.15) is 0 Å². The molecule has 0 saturated heterocycles. The molecule has 2 aromatic heterocycles. The fourth-order valence-electron chi connectivity index (χ4n) is 2.42. The maximum Gasteiger partial charge on any atom is 0.337 e. The number of fused-ring (bicyclic) bond motifs is 1. The van der Waals surface area contributed by atoms with Crippen LogP contribution >= 0.6 is 11.6 Å². The number of aryl methyl sites for hydroxylation is 1. The highest BCUT2D eigenvalue weighted by molar-refractivity contribution is 6.33. The first-order valence-corrected chi connectivity index (χ1v) is 7.58. The van der Waals surface area contributed by atoms with Gasteiger partial charge in [0.1, 0.15) is 5.65 Å². The van der Waals surface area contributed by atoms with Crippen molar-refractivity contribution in [1.82, 2.24) is 9.38 Å². The fourth-order valence-corrected chi connectivity index (χ4v) is 2.62. The Morgan fingerprint density at radius 2 is 2.08 bits per heavy atom. The van der Waals surface area contributed by atoms with Crippen LogP contribution in [0.15, 0.2) is 42.6 Å². The molecule has 0 saturated carbocycles. The van der Waals surface area contributed by atoms with Gasteiger partial charge in [-0.15, -0.1) is 0 Å². The van der Waals surface area contributed by atoms with Gasteiger partial charge in [0.25, 0.3) is 0 Å². The highest BCUT2D eigenvalue weighted by Gasteiger charge is 2.12. The first kappa shape index (κ1) is 16.0. The minimum atomic E-state index is -1.15. The number of carboxylic acid groups (broad SMARTS) is 1. The molecular weight excluding hydrogens is 330 g/mol. The summed E-state index contributed by atoms with van der Waals surface area (Å²) in [6.45, 7) is 1.96. The molecule has 0 bridgehead atoms. The lowest BCUT2D eigenvalue weighted by Crippen LogP contribution is -2.15. The van der Waals surface area contributed by atoms with Crippen molar-refractivity contribution in [3.63, 3.8) is 0 Å². The Labute approximate surface area is 142 Å². The van der Waals surface area contributed by atoms with Crippen molar-refractivity contribution in [1.29, 1.82) is 0 Å². The van der Waals surface area contributed by atoms with Crippen LogP contribution in [0.2, 0.25) is 5.02 Å². The summed E-state index contributed by atoms with van der Waals surface area (Å²) in [5.41, 5.74) is 2.75. The van der Waals surface area contributed by atoms with E-state index < -0.39 is 5.97 Å². The van der Waals surface area contributed by atoms with Gasteiger partial charge in [0.05, 0.1) is 22.7 Å². The number of halogens is 1. The zero-order chi connectivity index (χ0) is 17.3. The number of benzene rings is 1. The van der Waals surface area contributed by atoms with Gasteiger partial charge in [-0.3, -0.25) is 4.79 Å². The fraction of sp³-hybridized carbons (Fsp3) is 0.118. The van der Waals surface area contributed by atoms with Gasteiger partial charge in [-0.25, -0.2) is 9.78 Å². The summed E-state index contributed by atoms with van der Waals surface area (Å²) in [4.78, 5) is 27.6. The zero-order valence-corrected chi connectivity index (χ0v) is 13.5. The number of nitrogens with one attached hydrogen (secondary N) is 1. The molecule has 2 heterocycles. The van der Waals surface area contributed by atoms with Crippen molar-refractivity contribution in [2.75, 3.05) is 5.32 Å². The SMILES string of the molecule is Cc1cccc2nc(CC(=O)Nc3ccc(Cl)c(C(=O)O)c3)cn12. The second-order valence-electron chi connectivity index (χ2n) is 5.35. The molecule has 1 amide bonds. The van der Waals surface area contributed by atoms with Crippen molar-refractivity contribution in [2.24, 2.45) is 0 Å². The number of hydrogen-bond donors (Lipinski definition) is 2. The molecular formula is C17H14ClN3O3. The predicted octanol–water partition coefficient (Wildman–Crippen LogP) is 3.18. The predicted molar refractivity (Wildman–Crippen MR) is 90.7 cm³/mol. The number of carboxylic acids is 1. The Morgan fingerprint density at radius 1 is 1.29 bits per heavy atom. The Hall–Kier alpha value is -2.86. The van der Waals surface area contributed by atoms with Crippen molar-refractivity contribution in [3.05, 3.63) is 64.6 Å². The molecule has 0 fully saturated rings. The highest BCUT2D eigenvalue weighted by atomic mass is 35.5. The van der Waals surface area contributed by atoms with Gasteiger partial charge in [-0.05, 0) is 37.3 Å². The number of aromatic carboxylic acids is 1. The number of hydrogen-bond acceptors (Lipinski definition) is 3. The van der Waals surface area contributed by atoms with E-state index in [-0.39, 0.29) is 22.9 Å². The number of aromatic nitrogens is 2. The average Bonchev–Trinajstić information content (AvgIpc) is 2.92. The lowest BCUT2D eigenvalue weighted by atomic mass is 10.2. The highest BCUT2D eigenvalue weighted by Crippen LogP contribution is 2.21. The Morgan fingerprint density at radius 3 is 2.79 bits per heavy atom.